The molecule has 0 bridgehead atoms. The van der Waals surface area contributed by atoms with Crippen LogP contribution in [0.3, 0.4) is 0 Å². The third kappa shape index (κ3) is 5.18. The molecule has 30 heavy (non-hydrogen) atoms. The molecule has 164 valence electrons. The van der Waals surface area contributed by atoms with E-state index in [2.05, 4.69) is 0 Å². The van der Waals surface area contributed by atoms with Crippen molar-refractivity contribution in [2.75, 3.05) is 12.4 Å². The lowest BCUT2D eigenvalue weighted by molar-refractivity contribution is -0.277. The molecule has 4 N–H and O–H groups in total. The van der Waals surface area contributed by atoms with Crippen LogP contribution in [0.2, 0.25) is 0 Å². The summed E-state index contributed by atoms with van der Waals surface area (Å²) in [4.78, 5) is 0. The average molecular weight is 438 g/mol. The quantitative estimate of drug-likeness (QED) is 0.490. The van der Waals surface area contributed by atoms with Gasteiger partial charge in [0.15, 0.2) is 9.84 Å². The highest BCUT2D eigenvalue weighted by atomic mass is 32.2. The summed E-state index contributed by atoms with van der Waals surface area (Å²) in [5, 5.41) is 39.2. The van der Waals surface area contributed by atoms with Crippen LogP contribution in [0.15, 0.2) is 48.5 Å². The van der Waals surface area contributed by atoms with Crippen molar-refractivity contribution in [3.05, 3.63) is 54.1 Å². The summed E-state index contributed by atoms with van der Waals surface area (Å²) in [6.07, 6.45) is -6.83. The lowest BCUT2D eigenvalue weighted by atomic mass is 9.99. The second kappa shape index (κ2) is 9.42. The molecule has 0 unspecified atom stereocenters. The highest BCUT2D eigenvalue weighted by molar-refractivity contribution is 7.90. The molecule has 1 aliphatic heterocycles. The van der Waals surface area contributed by atoms with E-state index in [1.54, 1.807) is 43.3 Å². The maximum absolute atomic E-state index is 11.9. The van der Waals surface area contributed by atoms with Gasteiger partial charge in [-0.05, 0) is 28.8 Å². The number of benzene rings is 2. The van der Waals surface area contributed by atoms with E-state index in [1.807, 2.05) is 12.1 Å². The maximum atomic E-state index is 11.9. The summed E-state index contributed by atoms with van der Waals surface area (Å²) in [6, 6.07) is 14.0. The van der Waals surface area contributed by atoms with Gasteiger partial charge in [-0.25, -0.2) is 8.42 Å². The van der Waals surface area contributed by atoms with Gasteiger partial charge in [0.2, 0.25) is 6.29 Å². The molecule has 1 fully saturated rings. The Morgan fingerprint density at radius 1 is 0.967 bits per heavy atom. The highest BCUT2D eigenvalue weighted by Gasteiger charge is 2.44. The van der Waals surface area contributed by atoms with Gasteiger partial charge >= 0.3 is 0 Å². The van der Waals surface area contributed by atoms with E-state index in [0.29, 0.717) is 11.3 Å². The van der Waals surface area contributed by atoms with Crippen LogP contribution in [-0.4, -0.2) is 71.9 Å². The summed E-state index contributed by atoms with van der Waals surface area (Å²) in [6.45, 7) is 1.07. The third-order valence-corrected chi connectivity index (χ3v) is 6.67. The Hall–Kier alpha value is -2.01. The minimum Gasteiger partial charge on any atom is -0.462 e. The number of hydrogen-bond acceptors (Lipinski definition) is 8. The third-order valence-electron chi connectivity index (χ3n) is 5.02. The number of hydrogen-bond donors (Lipinski definition) is 4. The zero-order valence-corrected chi connectivity index (χ0v) is 17.3. The van der Waals surface area contributed by atoms with Gasteiger partial charge in [0, 0.05) is 5.75 Å². The van der Waals surface area contributed by atoms with Crippen molar-refractivity contribution in [1.29, 1.82) is 0 Å². The highest BCUT2D eigenvalue weighted by Crippen LogP contribution is 2.28. The van der Waals surface area contributed by atoms with E-state index in [-0.39, 0.29) is 11.5 Å². The van der Waals surface area contributed by atoms with Gasteiger partial charge in [0.25, 0.3) is 0 Å². The number of rotatable bonds is 7. The van der Waals surface area contributed by atoms with Crippen LogP contribution in [0.4, 0.5) is 0 Å². The van der Waals surface area contributed by atoms with E-state index in [0.717, 1.165) is 11.1 Å². The molecule has 0 amide bonds. The van der Waals surface area contributed by atoms with Gasteiger partial charge in [-0.3, -0.25) is 0 Å². The molecule has 0 radical (unpaired) electrons. The minimum atomic E-state index is -3.16. The summed E-state index contributed by atoms with van der Waals surface area (Å²) in [5.74, 6) is 0.362. The van der Waals surface area contributed by atoms with Crippen LogP contribution in [0.5, 0.6) is 5.75 Å². The molecule has 0 spiro atoms. The van der Waals surface area contributed by atoms with Crippen molar-refractivity contribution in [3.8, 4) is 16.9 Å². The van der Waals surface area contributed by atoms with E-state index in [4.69, 9.17) is 9.47 Å². The molecular weight excluding hydrogens is 412 g/mol. The summed E-state index contributed by atoms with van der Waals surface area (Å²) in [7, 11) is -3.16. The second-order valence-corrected chi connectivity index (χ2v) is 9.57. The molecule has 5 atom stereocenters. The predicted octanol–water partition coefficient (Wildman–Crippen LogP) is 0.467. The molecular formula is C21H26O8S. The SMILES string of the molecule is CCS(=O)(=O)Cc1cccc(-c2cccc(O[C@@H]3O[C@H](CO)[C@H](O)[C@H](O)[C@H]3O)c2)c1. The summed E-state index contributed by atoms with van der Waals surface area (Å²) >= 11 is 0. The monoisotopic (exact) mass is 438 g/mol. The minimum absolute atomic E-state index is 0.0433. The molecule has 2 aromatic rings. The molecule has 3 rings (SSSR count). The zero-order valence-electron chi connectivity index (χ0n) is 16.5. The average Bonchev–Trinajstić information content (AvgIpc) is 2.74. The Kier molecular flexibility index (Phi) is 7.12. The van der Waals surface area contributed by atoms with Gasteiger partial charge in [-0.2, -0.15) is 0 Å². The molecule has 2 aromatic carbocycles. The predicted molar refractivity (Wildman–Crippen MR) is 109 cm³/mol. The van der Waals surface area contributed by atoms with E-state index >= 15 is 0 Å². The standard InChI is InChI=1S/C21H26O8S/c1-2-30(26,27)12-13-5-3-6-14(9-13)15-7-4-8-16(10-15)28-21-20(25)19(24)18(23)17(11-22)29-21/h3-10,17-25H,2,11-12H2,1H3/t17-,18+,19+,20-,21-/m1/s1. The first-order valence-electron chi connectivity index (χ1n) is 9.61. The Morgan fingerprint density at radius 3 is 2.30 bits per heavy atom. The molecule has 1 saturated heterocycles. The maximum Gasteiger partial charge on any atom is 0.229 e. The second-order valence-electron chi connectivity index (χ2n) is 7.22. The van der Waals surface area contributed by atoms with Crippen molar-refractivity contribution >= 4 is 9.84 Å². The van der Waals surface area contributed by atoms with Crippen molar-refractivity contribution in [2.24, 2.45) is 0 Å². The fraction of sp³-hybridized carbons (Fsp3) is 0.429. The molecule has 1 heterocycles. The van der Waals surface area contributed by atoms with Crippen molar-refractivity contribution in [3.63, 3.8) is 0 Å². The van der Waals surface area contributed by atoms with Gasteiger partial charge in [-0.1, -0.05) is 43.3 Å². The van der Waals surface area contributed by atoms with E-state index in [9.17, 15) is 28.8 Å². The fourth-order valence-corrected chi connectivity index (χ4v) is 4.14. The summed E-state index contributed by atoms with van der Waals surface area (Å²) < 4.78 is 34.8. The lowest BCUT2D eigenvalue weighted by Gasteiger charge is -2.39. The van der Waals surface area contributed by atoms with Gasteiger partial charge < -0.3 is 29.9 Å². The van der Waals surface area contributed by atoms with E-state index < -0.39 is 47.2 Å². The van der Waals surface area contributed by atoms with Crippen LogP contribution in [0, 0.1) is 0 Å². The van der Waals surface area contributed by atoms with Gasteiger partial charge in [-0.15, -0.1) is 0 Å². The molecule has 0 saturated carbocycles. The summed E-state index contributed by atoms with van der Waals surface area (Å²) in [5.41, 5.74) is 2.22. The molecule has 0 aromatic heterocycles. The van der Waals surface area contributed by atoms with E-state index in [1.165, 1.54) is 0 Å². The number of sulfone groups is 1. The number of aliphatic hydroxyl groups excluding tert-OH is 4. The Morgan fingerprint density at radius 2 is 1.63 bits per heavy atom. The van der Waals surface area contributed by atoms with Crippen LogP contribution >= 0.6 is 0 Å². The first kappa shape index (κ1) is 22.7. The first-order chi connectivity index (χ1) is 14.2. The van der Waals surface area contributed by atoms with Gasteiger partial charge in [0.1, 0.15) is 30.2 Å². The first-order valence-corrected chi connectivity index (χ1v) is 11.4. The number of aliphatic hydroxyl groups is 4. The molecule has 1 aliphatic rings. The Bertz CT molecular complexity index is 959. The van der Waals surface area contributed by atoms with Crippen molar-refractivity contribution in [2.45, 2.75) is 43.4 Å². The Balaban J connectivity index is 1.80. The van der Waals surface area contributed by atoms with Crippen molar-refractivity contribution < 1.29 is 38.3 Å². The fourth-order valence-electron chi connectivity index (χ4n) is 3.24. The largest absolute Gasteiger partial charge is 0.462 e. The van der Waals surface area contributed by atoms with Crippen LogP contribution in [-0.2, 0) is 20.3 Å². The lowest BCUT2D eigenvalue weighted by Crippen LogP contribution is -2.60. The van der Waals surface area contributed by atoms with Crippen molar-refractivity contribution in [1.82, 2.24) is 0 Å². The normalized spacial score (nSPS) is 27.0. The smallest absolute Gasteiger partial charge is 0.229 e. The molecule has 0 aliphatic carbocycles. The van der Waals surface area contributed by atoms with Crippen LogP contribution in [0.25, 0.3) is 11.1 Å². The Labute approximate surface area is 175 Å². The molecule has 8 nitrogen and oxygen atoms in total. The molecule has 9 heteroatoms. The zero-order chi connectivity index (χ0) is 21.9. The van der Waals surface area contributed by atoms with Gasteiger partial charge in [0.05, 0.1) is 12.4 Å². The van der Waals surface area contributed by atoms with Crippen LogP contribution < -0.4 is 4.74 Å². The number of ether oxygens (including phenoxy) is 2. The topological polar surface area (TPSA) is 134 Å². The van der Waals surface area contributed by atoms with Crippen LogP contribution in [0.1, 0.15) is 12.5 Å².